The lowest BCUT2D eigenvalue weighted by Crippen LogP contribution is -2.50. The lowest BCUT2D eigenvalue weighted by atomic mass is 10.3. The Labute approximate surface area is 194 Å². The molecule has 33 heavy (non-hydrogen) atoms. The second-order valence-corrected chi connectivity index (χ2v) is 9.81. The number of rotatable bonds is 9. The van der Waals surface area contributed by atoms with Gasteiger partial charge >= 0.3 is 0 Å². The Bertz CT molecular complexity index is 1120. The molecule has 3 aromatic carbocycles. The molecule has 7 nitrogen and oxygen atoms in total. The summed E-state index contributed by atoms with van der Waals surface area (Å²) in [5.74, 6) is 2.01. The molecule has 1 saturated heterocycles. The van der Waals surface area contributed by atoms with Crippen molar-refractivity contribution in [3.8, 4) is 17.2 Å². The van der Waals surface area contributed by atoms with Gasteiger partial charge in [0.25, 0.3) is 0 Å². The number of piperazine rings is 1. The van der Waals surface area contributed by atoms with Crippen molar-refractivity contribution in [3.05, 3.63) is 84.9 Å². The number of ether oxygens (including phenoxy) is 2. The molecule has 0 radical (unpaired) electrons. The van der Waals surface area contributed by atoms with E-state index in [1.165, 1.54) is 4.31 Å². The molecule has 0 amide bonds. The van der Waals surface area contributed by atoms with Crippen molar-refractivity contribution >= 4 is 10.0 Å². The Morgan fingerprint density at radius 3 is 2.09 bits per heavy atom. The van der Waals surface area contributed by atoms with Gasteiger partial charge in [-0.15, -0.1) is 0 Å². The van der Waals surface area contributed by atoms with Crippen LogP contribution in [0.5, 0.6) is 17.2 Å². The zero-order chi connectivity index (χ0) is 23.1. The van der Waals surface area contributed by atoms with Crippen molar-refractivity contribution in [2.75, 3.05) is 39.3 Å². The zero-order valence-corrected chi connectivity index (χ0v) is 19.1. The Morgan fingerprint density at radius 2 is 1.39 bits per heavy atom. The Kier molecular flexibility index (Phi) is 7.61. The number of sulfonamides is 1. The maximum atomic E-state index is 12.7. The first-order valence-corrected chi connectivity index (χ1v) is 12.4. The van der Waals surface area contributed by atoms with Crippen LogP contribution in [0.15, 0.2) is 89.8 Å². The van der Waals surface area contributed by atoms with Crippen molar-refractivity contribution in [2.45, 2.75) is 11.0 Å². The molecule has 3 aromatic rings. The SMILES string of the molecule is O=S(=O)(c1ccccc1)N1CCN(C[C@@H](O)COc2cccc(Oc3ccccc3)c2)CC1. The van der Waals surface area contributed by atoms with Crippen molar-refractivity contribution in [3.63, 3.8) is 0 Å². The maximum Gasteiger partial charge on any atom is 0.243 e. The number of nitrogens with zero attached hydrogens (tertiary/aromatic N) is 2. The molecule has 0 unspecified atom stereocenters. The quantitative estimate of drug-likeness (QED) is 0.520. The summed E-state index contributed by atoms with van der Waals surface area (Å²) in [6.45, 7) is 2.46. The molecule has 174 valence electrons. The number of β-amino-alcohol motifs (C(OH)–C–C–N with tert-alkyl or cyclic N) is 1. The number of benzene rings is 3. The molecule has 1 atom stereocenters. The van der Waals surface area contributed by atoms with E-state index in [1.54, 1.807) is 36.4 Å². The number of aliphatic hydroxyl groups excluding tert-OH is 1. The van der Waals surface area contributed by atoms with E-state index < -0.39 is 16.1 Å². The van der Waals surface area contributed by atoms with Crippen molar-refractivity contribution < 1.29 is 23.0 Å². The summed E-state index contributed by atoms with van der Waals surface area (Å²) in [5.41, 5.74) is 0. The van der Waals surface area contributed by atoms with E-state index in [0.29, 0.717) is 49.1 Å². The zero-order valence-electron chi connectivity index (χ0n) is 18.3. The first kappa shape index (κ1) is 23.3. The van der Waals surface area contributed by atoms with Crippen molar-refractivity contribution in [2.24, 2.45) is 0 Å². The normalized spacial score (nSPS) is 16.3. The number of aliphatic hydroxyl groups is 1. The van der Waals surface area contributed by atoms with E-state index >= 15 is 0 Å². The molecule has 0 saturated carbocycles. The average molecular weight is 469 g/mol. The molecule has 1 N–H and O–H groups in total. The standard InChI is InChI=1S/C25H28N2O5S/c28-21(20-31-23-10-7-11-24(18-23)32-22-8-3-1-4-9-22)19-26-14-16-27(17-15-26)33(29,30)25-12-5-2-6-13-25/h1-13,18,21,28H,14-17,19-20H2/t21-/m1/s1. The molecular formula is C25H28N2O5S. The van der Waals surface area contributed by atoms with Gasteiger partial charge in [0.2, 0.25) is 10.0 Å². The lowest BCUT2D eigenvalue weighted by Gasteiger charge is -2.34. The molecule has 4 rings (SSSR count). The van der Waals surface area contributed by atoms with E-state index in [9.17, 15) is 13.5 Å². The molecule has 0 aromatic heterocycles. The molecule has 1 fully saturated rings. The molecule has 0 spiro atoms. The van der Waals surface area contributed by atoms with E-state index in [2.05, 4.69) is 4.90 Å². The summed E-state index contributed by atoms with van der Waals surface area (Å²) in [5, 5.41) is 10.4. The van der Waals surface area contributed by atoms with Gasteiger partial charge in [-0.3, -0.25) is 4.90 Å². The summed E-state index contributed by atoms with van der Waals surface area (Å²) < 4.78 is 38.6. The summed E-state index contributed by atoms with van der Waals surface area (Å²) in [6, 6.07) is 25.3. The minimum absolute atomic E-state index is 0.136. The van der Waals surface area contributed by atoms with Gasteiger partial charge in [0.15, 0.2) is 0 Å². The topological polar surface area (TPSA) is 79.3 Å². The van der Waals surface area contributed by atoms with Gasteiger partial charge < -0.3 is 14.6 Å². The molecule has 0 bridgehead atoms. The summed E-state index contributed by atoms with van der Waals surface area (Å²) in [6.07, 6.45) is -0.694. The van der Waals surface area contributed by atoms with Crippen LogP contribution in [0.3, 0.4) is 0 Å². The Balaban J connectivity index is 1.23. The van der Waals surface area contributed by atoms with E-state index in [-0.39, 0.29) is 6.61 Å². The monoisotopic (exact) mass is 468 g/mol. The summed E-state index contributed by atoms with van der Waals surface area (Å²) >= 11 is 0. The third-order valence-corrected chi connectivity index (χ3v) is 7.32. The van der Waals surface area contributed by atoms with Crippen LogP contribution in [-0.2, 0) is 10.0 Å². The minimum Gasteiger partial charge on any atom is -0.491 e. The summed E-state index contributed by atoms with van der Waals surface area (Å²) in [4.78, 5) is 2.37. The third kappa shape index (κ3) is 6.33. The minimum atomic E-state index is -3.48. The molecule has 1 aliphatic rings. The van der Waals surface area contributed by atoms with Crippen LogP contribution >= 0.6 is 0 Å². The highest BCUT2D eigenvalue weighted by Crippen LogP contribution is 2.25. The first-order chi connectivity index (χ1) is 16.0. The van der Waals surface area contributed by atoms with Gasteiger partial charge in [-0.1, -0.05) is 42.5 Å². The second-order valence-electron chi connectivity index (χ2n) is 7.87. The maximum absolute atomic E-state index is 12.7. The highest BCUT2D eigenvalue weighted by molar-refractivity contribution is 7.89. The number of para-hydroxylation sites is 1. The van der Waals surface area contributed by atoms with Crippen molar-refractivity contribution in [1.82, 2.24) is 9.21 Å². The molecule has 8 heteroatoms. The van der Waals surface area contributed by atoms with Gasteiger partial charge in [0.05, 0.1) is 4.90 Å². The number of hydrogen-bond acceptors (Lipinski definition) is 6. The van der Waals surface area contributed by atoms with Crippen molar-refractivity contribution in [1.29, 1.82) is 0 Å². The second kappa shape index (κ2) is 10.8. The van der Waals surface area contributed by atoms with Crippen LogP contribution in [0.4, 0.5) is 0 Å². The first-order valence-electron chi connectivity index (χ1n) is 10.9. The fraction of sp³-hybridized carbons (Fsp3) is 0.280. The Hall–Kier alpha value is -2.91. The van der Waals surface area contributed by atoms with Crippen LogP contribution in [0.1, 0.15) is 0 Å². The van der Waals surface area contributed by atoms with E-state index in [4.69, 9.17) is 9.47 Å². The molecule has 0 aliphatic carbocycles. The van der Waals surface area contributed by atoms with Gasteiger partial charge in [0, 0.05) is 38.8 Å². The highest BCUT2D eigenvalue weighted by Gasteiger charge is 2.28. The predicted molar refractivity (Wildman–Crippen MR) is 126 cm³/mol. The molecule has 1 aliphatic heterocycles. The van der Waals surface area contributed by atoms with E-state index in [1.807, 2.05) is 48.5 Å². The van der Waals surface area contributed by atoms with Crippen LogP contribution < -0.4 is 9.47 Å². The Morgan fingerprint density at radius 1 is 0.788 bits per heavy atom. The van der Waals surface area contributed by atoms with Crippen LogP contribution in [-0.4, -0.2) is 68.2 Å². The number of hydrogen-bond donors (Lipinski definition) is 1. The predicted octanol–water partition coefficient (Wildman–Crippen LogP) is 3.23. The average Bonchev–Trinajstić information content (AvgIpc) is 2.85. The van der Waals surface area contributed by atoms with Gasteiger partial charge in [0.1, 0.15) is 30.0 Å². The van der Waals surface area contributed by atoms with Crippen LogP contribution in [0.25, 0.3) is 0 Å². The molecule has 1 heterocycles. The van der Waals surface area contributed by atoms with Gasteiger partial charge in [-0.25, -0.2) is 8.42 Å². The summed E-state index contributed by atoms with van der Waals surface area (Å²) in [7, 11) is -3.48. The van der Waals surface area contributed by atoms with Gasteiger partial charge in [-0.05, 0) is 36.4 Å². The largest absolute Gasteiger partial charge is 0.491 e. The van der Waals surface area contributed by atoms with Crippen LogP contribution in [0.2, 0.25) is 0 Å². The fourth-order valence-corrected chi connectivity index (χ4v) is 5.13. The van der Waals surface area contributed by atoms with E-state index in [0.717, 1.165) is 5.75 Å². The highest BCUT2D eigenvalue weighted by atomic mass is 32.2. The molecular weight excluding hydrogens is 440 g/mol. The van der Waals surface area contributed by atoms with Gasteiger partial charge in [-0.2, -0.15) is 4.31 Å². The van der Waals surface area contributed by atoms with Crippen LogP contribution in [0, 0.1) is 0 Å². The smallest absolute Gasteiger partial charge is 0.243 e. The lowest BCUT2D eigenvalue weighted by molar-refractivity contribution is 0.0568. The third-order valence-electron chi connectivity index (χ3n) is 5.41. The fourth-order valence-electron chi connectivity index (χ4n) is 3.69.